The molecule has 11 aromatic rings. The lowest BCUT2D eigenvalue weighted by atomic mass is 9.89. The van der Waals surface area contributed by atoms with Crippen molar-refractivity contribution < 1.29 is 0 Å². The van der Waals surface area contributed by atoms with Crippen molar-refractivity contribution in [1.82, 2.24) is 10.6 Å². The first kappa shape index (κ1) is 37.6. The SMILES string of the molecule is c1ccc(-c2ccccc2C2=NC(c3ccc4cc(-c5ccc(-c6c7ccccc7cc7c6ccc6ccccc67)cc5)ccc4c3)NC(c3ccccc3-c3ccccc3)N2)cc1. The Bertz CT molecular complexity index is 3560. The Morgan fingerprint density at radius 2 is 0.906 bits per heavy atom. The third-order valence-electron chi connectivity index (χ3n) is 12.9. The van der Waals surface area contributed by atoms with Crippen molar-refractivity contribution in [2.75, 3.05) is 0 Å². The zero-order valence-electron chi connectivity index (χ0n) is 35.1. The number of benzene rings is 11. The van der Waals surface area contributed by atoms with Crippen molar-refractivity contribution in [3.05, 3.63) is 253 Å². The van der Waals surface area contributed by atoms with Crippen molar-refractivity contribution in [3.8, 4) is 44.5 Å². The van der Waals surface area contributed by atoms with Crippen LogP contribution in [0.15, 0.2) is 242 Å². The van der Waals surface area contributed by atoms with E-state index in [1.54, 1.807) is 0 Å². The number of nitrogens with one attached hydrogen (secondary N) is 2. The Labute approximate surface area is 373 Å². The van der Waals surface area contributed by atoms with Crippen LogP contribution >= 0.6 is 0 Å². The zero-order valence-corrected chi connectivity index (χ0v) is 35.1. The van der Waals surface area contributed by atoms with E-state index in [0.29, 0.717) is 0 Å². The van der Waals surface area contributed by atoms with Crippen LogP contribution < -0.4 is 10.6 Å². The molecule has 302 valence electrons. The molecule has 0 saturated heterocycles. The maximum absolute atomic E-state index is 5.44. The van der Waals surface area contributed by atoms with Gasteiger partial charge in [0.15, 0.2) is 0 Å². The second-order valence-corrected chi connectivity index (χ2v) is 16.7. The zero-order chi connectivity index (χ0) is 42.4. The molecule has 1 heterocycles. The van der Waals surface area contributed by atoms with Gasteiger partial charge in [-0.1, -0.05) is 218 Å². The highest BCUT2D eigenvalue weighted by molar-refractivity contribution is 6.20. The summed E-state index contributed by atoms with van der Waals surface area (Å²) in [5, 5.41) is 17.8. The van der Waals surface area contributed by atoms with E-state index in [-0.39, 0.29) is 12.3 Å². The van der Waals surface area contributed by atoms with Crippen molar-refractivity contribution in [1.29, 1.82) is 0 Å². The van der Waals surface area contributed by atoms with E-state index in [1.807, 2.05) is 0 Å². The topological polar surface area (TPSA) is 36.4 Å². The van der Waals surface area contributed by atoms with Crippen LogP contribution in [0.1, 0.15) is 29.0 Å². The first-order chi connectivity index (χ1) is 31.7. The summed E-state index contributed by atoms with van der Waals surface area (Å²) in [6.45, 7) is 0. The number of nitrogens with zero attached hydrogens (tertiary/aromatic N) is 1. The molecule has 0 spiro atoms. The van der Waals surface area contributed by atoms with E-state index in [9.17, 15) is 0 Å². The van der Waals surface area contributed by atoms with Crippen LogP contribution in [0, 0.1) is 0 Å². The number of amidine groups is 1. The summed E-state index contributed by atoms with van der Waals surface area (Å²) >= 11 is 0. The Morgan fingerprint density at radius 1 is 0.328 bits per heavy atom. The normalized spacial score (nSPS) is 15.0. The molecule has 2 atom stereocenters. The Kier molecular flexibility index (Phi) is 9.39. The number of hydrogen-bond acceptors (Lipinski definition) is 3. The minimum absolute atomic E-state index is 0.204. The van der Waals surface area contributed by atoms with Crippen LogP contribution in [0.2, 0.25) is 0 Å². The van der Waals surface area contributed by atoms with E-state index >= 15 is 0 Å². The number of fused-ring (bicyclic) bond motifs is 5. The molecular formula is C61H43N3. The minimum atomic E-state index is -0.298. The van der Waals surface area contributed by atoms with Crippen LogP contribution in [-0.2, 0) is 0 Å². The van der Waals surface area contributed by atoms with Gasteiger partial charge in [0.2, 0.25) is 0 Å². The summed E-state index contributed by atoms with van der Waals surface area (Å²) in [6.07, 6.45) is -0.501. The standard InChI is InChI=1S/C61H43N3/c1-3-15-41(16-4-1)50-21-11-13-25-55(50)60-62-59(63-61(64-60)56-26-14-12-22-51(56)42-17-5-2-6-18-42)49-34-33-46-37-45(31-32-47(46)38-49)40-27-29-44(30-28-40)58-53-24-10-8-20-48(53)39-57-52-23-9-7-19-43(52)35-36-54(57)58/h1-39,59-60,62H,(H,63,64). The predicted molar refractivity (Wildman–Crippen MR) is 269 cm³/mol. The average Bonchev–Trinajstić information content (AvgIpc) is 3.38. The van der Waals surface area contributed by atoms with Gasteiger partial charge in [0, 0.05) is 5.56 Å². The molecule has 1 aliphatic heterocycles. The van der Waals surface area contributed by atoms with Gasteiger partial charge < -0.3 is 5.32 Å². The van der Waals surface area contributed by atoms with E-state index < -0.39 is 0 Å². The fourth-order valence-electron chi connectivity index (χ4n) is 9.79. The van der Waals surface area contributed by atoms with Gasteiger partial charge in [-0.2, -0.15) is 0 Å². The maximum atomic E-state index is 5.44. The Balaban J connectivity index is 0.904. The second-order valence-electron chi connectivity index (χ2n) is 16.7. The summed E-state index contributed by atoms with van der Waals surface area (Å²) in [6, 6.07) is 85.6. The van der Waals surface area contributed by atoms with Crippen LogP contribution in [0.4, 0.5) is 0 Å². The highest BCUT2D eigenvalue weighted by Gasteiger charge is 2.28. The lowest BCUT2D eigenvalue weighted by Gasteiger charge is -2.34. The number of aliphatic imine (C=N–C) groups is 1. The van der Waals surface area contributed by atoms with Crippen molar-refractivity contribution in [2.24, 2.45) is 4.99 Å². The highest BCUT2D eigenvalue weighted by Crippen LogP contribution is 2.41. The summed E-state index contributed by atoms with van der Waals surface area (Å²) < 4.78 is 0. The van der Waals surface area contributed by atoms with Gasteiger partial charge in [-0.05, 0) is 117 Å². The van der Waals surface area contributed by atoms with E-state index in [4.69, 9.17) is 4.99 Å². The maximum Gasteiger partial charge on any atom is 0.132 e. The van der Waals surface area contributed by atoms with Crippen LogP contribution in [0.25, 0.3) is 87.6 Å². The largest absolute Gasteiger partial charge is 0.350 e. The molecule has 0 amide bonds. The molecule has 11 aromatic carbocycles. The van der Waals surface area contributed by atoms with E-state index in [2.05, 4.69) is 247 Å². The third-order valence-corrected chi connectivity index (χ3v) is 12.9. The molecule has 3 heteroatoms. The molecule has 0 saturated carbocycles. The number of hydrogen-bond donors (Lipinski definition) is 2. The lowest BCUT2D eigenvalue weighted by molar-refractivity contribution is 0.410. The van der Waals surface area contributed by atoms with E-state index in [0.717, 1.165) is 28.1 Å². The van der Waals surface area contributed by atoms with Gasteiger partial charge in [0.25, 0.3) is 0 Å². The van der Waals surface area contributed by atoms with Crippen LogP contribution in [0.3, 0.4) is 0 Å². The van der Waals surface area contributed by atoms with E-state index in [1.165, 1.54) is 82.0 Å². The average molecular weight is 818 g/mol. The van der Waals surface area contributed by atoms with Gasteiger partial charge in [-0.25, -0.2) is 4.99 Å². The monoisotopic (exact) mass is 817 g/mol. The molecule has 0 radical (unpaired) electrons. The summed E-state index contributed by atoms with van der Waals surface area (Å²) in [4.78, 5) is 5.44. The molecule has 64 heavy (non-hydrogen) atoms. The van der Waals surface area contributed by atoms with Crippen LogP contribution in [-0.4, -0.2) is 5.84 Å². The van der Waals surface area contributed by atoms with Gasteiger partial charge >= 0.3 is 0 Å². The molecule has 0 bridgehead atoms. The van der Waals surface area contributed by atoms with Gasteiger partial charge in [-0.3, -0.25) is 5.32 Å². The van der Waals surface area contributed by atoms with Crippen LogP contribution in [0.5, 0.6) is 0 Å². The first-order valence-electron chi connectivity index (χ1n) is 22.1. The Morgan fingerprint density at radius 3 is 1.70 bits per heavy atom. The molecule has 3 nitrogen and oxygen atoms in total. The molecule has 0 aromatic heterocycles. The summed E-state index contributed by atoms with van der Waals surface area (Å²) in [5.41, 5.74) is 12.9. The third kappa shape index (κ3) is 6.80. The van der Waals surface area contributed by atoms with Crippen molar-refractivity contribution in [2.45, 2.75) is 12.3 Å². The molecule has 1 aliphatic rings. The van der Waals surface area contributed by atoms with Crippen molar-refractivity contribution in [3.63, 3.8) is 0 Å². The smallest absolute Gasteiger partial charge is 0.132 e. The molecule has 0 aliphatic carbocycles. The quantitative estimate of drug-likeness (QED) is 0.124. The Hall–Kier alpha value is -8.11. The lowest BCUT2D eigenvalue weighted by Crippen LogP contribution is -2.45. The molecule has 12 rings (SSSR count). The molecule has 2 N–H and O–H groups in total. The first-order valence-corrected chi connectivity index (χ1v) is 22.1. The molecule has 0 fully saturated rings. The summed E-state index contributed by atoms with van der Waals surface area (Å²) in [5.74, 6) is 0.861. The molecule has 2 unspecified atom stereocenters. The summed E-state index contributed by atoms with van der Waals surface area (Å²) in [7, 11) is 0. The number of rotatable bonds is 7. The highest BCUT2D eigenvalue weighted by atomic mass is 15.3. The van der Waals surface area contributed by atoms with Gasteiger partial charge in [-0.15, -0.1) is 0 Å². The second kappa shape index (κ2) is 16.0. The van der Waals surface area contributed by atoms with Crippen molar-refractivity contribution >= 4 is 48.9 Å². The fourth-order valence-corrected chi connectivity index (χ4v) is 9.79. The predicted octanol–water partition coefficient (Wildman–Crippen LogP) is 15.3. The minimum Gasteiger partial charge on any atom is -0.350 e. The van der Waals surface area contributed by atoms with Gasteiger partial charge in [0.05, 0.1) is 0 Å². The van der Waals surface area contributed by atoms with Gasteiger partial charge in [0.1, 0.15) is 18.2 Å². The fraction of sp³-hybridized carbons (Fsp3) is 0.0328. The molecular weight excluding hydrogens is 775 g/mol.